The lowest BCUT2D eigenvalue weighted by molar-refractivity contribution is -0.133. The maximum absolute atomic E-state index is 13.1. The highest BCUT2D eigenvalue weighted by Gasteiger charge is 2.31. The molecule has 29 heavy (non-hydrogen) atoms. The fourth-order valence-electron chi connectivity index (χ4n) is 4.08. The fourth-order valence-corrected chi connectivity index (χ4v) is 4.08. The van der Waals surface area contributed by atoms with Gasteiger partial charge >= 0.3 is 0 Å². The third kappa shape index (κ3) is 4.70. The lowest BCUT2D eigenvalue weighted by Gasteiger charge is -2.28. The van der Waals surface area contributed by atoms with Crippen molar-refractivity contribution in [3.05, 3.63) is 59.4 Å². The first-order valence-electron chi connectivity index (χ1n) is 10.2. The van der Waals surface area contributed by atoms with E-state index in [4.69, 9.17) is 9.47 Å². The molecule has 0 unspecified atom stereocenters. The van der Waals surface area contributed by atoms with Crippen LogP contribution in [0.1, 0.15) is 36.4 Å². The predicted molar refractivity (Wildman–Crippen MR) is 108 cm³/mol. The van der Waals surface area contributed by atoms with Crippen molar-refractivity contribution in [2.75, 3.05) is 33.4 Å². The van der Waals surface area contributed by atoms with Crippen LogP contribution in [0.4, 0.5) is 4.39 Å². The minimum Gasteiger partial charge on any atom is -0.490 e. The van der Waals surface area contributed by atoms with Crippen LogP contribution in [0.2, 0.25) is 0 Å². The number of fused-ring (bicyclic) bond motifs is 1. The summed E-state index contributed by atoms with van der Waals surface area (Å²) in [6.07, 6.45) is 2.82. The predicted octanol–water partition coefficient (Wildman–Crippen LogP) is 3.78. The average Bonchev–Trinajstić information content (AvgIpc) is 3.09. The molecule has 2 aliphatic heterocycles. The molecule has 1 atom stereocenters. The van der Waals surface area contributed by atoms with Gasteiger partial charge in [0.25, 0.3) is 0 Å². The van der Waals surface area contributed by atoms with Gasteiger partial charge in [0, 0.05) is 19.5 Å². The standard InChI is InChI=1S/C23H27FN2O3/c1-25(15-17-5-8-19(24)9-6-17)16-23(27)26-11-2-4-20(26)18-7-10-21-22(14-18)29-13-3-12-28-21/h5-10,14,20H,2-4,11-13,15-16H2,1H3/t20-/m0/s1. The van der Waals surface area contributed by atoms with E-state index in [0.717, 1.165) is 48.4 Å². The molecule has 0 spiro atoms. The van der Waals surface area contributed by atoms with Crippen LogP contribution in [0, 0.1) is 5.82 Å². The summed E-state index contributed by atoms with van der Waals surface area (Å²) >= 11 is 0. The molecule has 0 bridgehead atoms. The molecule has 0 N–H and O–H groups in total. The molecule has 2 heterocycles. The van der Waals surface area contributed by atoms with Gasteiger partial charge in [-0.2, -0.15) is 0 Å². The molecule has 4 rings (SSSR count). The lowest BCUT2D eigenvalue weighted by atomic mass is 10.0. The quantitative estimate of drug-likeness (QED) is 0.769. The van der Waals surface area contributed by atoms with Crippen LogP contribution in [0.15, 0.2) is 42.5 Å². The zero-order valence-electron chi connectivity index (χ0n) is 16.8. The van der Waals surface area contributed by atoms with Crippen LogP contribution in [0.5, 0.6) is 11.5 Å². The van der Waals surface area contributed by atoms with Crippen molar-refractivity contribution in [1.29, 1.82) is 0 Å². The van der Waals surface area contributed by atoms with Crippen molar-refractivity contribution >= 4 is 5.91 Å². The van der Waals surface area contributed by atoms with Gasteiger partial charge in [0.15, 0.2) is 11.5 Å². The maximum Gasteiger partial charge on any atom is 0.237 e. The van der Waals surface area contributed by atoms with Crippen LogP contribution in [0.25, 0.3) is 0 Å². The lowest BCUT2D eigenvalue weighted by Crippen LogP contribution is -2.38. The fraction of sp³-hybridized carbons (Fsp3) is 0.435. The molecule has 0 aromatic heterocycles. The third-order valence-corrected chi connectivity index (χ3v) is 5.50. The summed E-state index contributed by atoms with van der Waals surface area (Å²) in [5.74, 6) is 1.42. The molecule has 1 fully saturated rings. The molecule has 2 aromatic carbocycles. The SMILES string of the molecule is CN(CC(=O)N1CCC[C@H]1c1ccc2c(c1)OCCCO2)Cc1ccc(F)cc1. The van der Waals surface area contributed by atoms with E-state index < -0.39 is 0 Å². The van der Waals surface area contributed by atoms with Gasteiger partial charge in [-0.15, -0.1) is 0 Å². The summed E-state index contributed by atoms with van der Waals surface area (Å²) in [6, 6.07) is 12.5. The van der Waals surface area contributed by atoms with Crippen LogP contribution in [-0.4, -0.2) is 49.1 Å². The van der Waals surface area contributed by atoms with E-state index in [0.29, 0.717) is 26.3 Å². The molecule has 5 nitrogen and oxygen atoms in total. The minimum atomic E-state index is -0.248. The molecule has 1 saturated heterocycles. The Morgan fingerprint density at radius 1 is 1.10 bits per heavy atom. The number of nitrogens with zero attached hydrogens (tertiary/aromatic N) is 2. The highest BCUT2D eigenvalue weighted by atomic mass is 19.1. The van der Waals surface area contributed by atoms with E-state index in [-0.39, 0.29) is 17.8 Å². The summed E-state index contributed by atoms with van der Waals surface area (Å²) < 4.78 is 24.6. The summed E-state index contributed by atoms with van der Waals surface area (Å²) in [5.41, 5.74) is 2.09. The smallest absolute Gasteiger partial charge is 0.237 e. The number of halogens is 1. The summed E-state index contributed by atoms with van der Waals surface area (Å²) in [4.78, 5) is 16.9. The number of amides is 1. The third-order valence-electron chi connectivity index (χ3n) is 5.50. The Balaban J connectivity index is 1.41. The highest BCUT2D eigenvalue weighted by Crippen LogP contribution is 2.38. The van der Waals surface area contributed by atoms with Crippen molar-refractivity contribution in [2.24, 2.45) is 0 Å². The Kier molecular flexibility index (Phi) is 6.00. The number of carbonyl (C=O) groups is 1. The largest absolute Gasteiger partial charge is 0.490 e. The molecule has 2 aromatic rings. The molecule has 0 saturated carbocycles. The van der Waals surface area contributed by atoms with Gasteiger partial charge < -0.3 is 14.4 Å². The molecule has 154 valence electrons. The summed E-state index contributed by atoms with van der Waals surface area (Å²) in [5, 5.41) is 0. The van der Waals surface area contributed by atoms with Crippen LogP contribution >= 0.6 is 0 Å². The zero-order chi connectivity index (χ0) is 20.2. The zero-order valence-corrected chi connectivity index (χ0v) is 16.8. The number of rotatable bonds is 5. The molecule has 1 amide bonds. The monoisotopic (exact) mass is 398 g/mol. The van der Waals surface area contributed by atoms with E-state index in [1.165, 1.54) is 12.1 Å². The van der Waals surface area contributed by atoms with Crippen molar-refractivity contribution < 1.29 is 18.7 Å². The Morgan fingerprint density at radius 3 is 2.66 bits per heavy atom. The number of carbonyl (C=O) groups excluding carboxylic acids is 1. The van der Waals surface area contributed by atoms with Crippen molar-refractivity contribution in [3.8, 4) is 11.5 Å². The van der Waals surface area contributed by atoms with Gasteiger partial charge in [-0.3, -0.25) is 9.69 Å². The number of likely N-dealkylation sites (N-methyl/N-ethyl adjacent to an activating group) is 1. The number of hydrogen-bond donors (Lipinski definition) is 0. The normalized spacial score (nSPS) is 18.7. The van der Waals surface area contributed by atoms with Crippen LogP contribution in [0.3, 0.4) is 0 Å². The maximum atomic E-state index is 13.1. The van der Waals surface area contributed by atoms with Crippen LogP contribution < -0.4 is 9.47 Å². The van der Waals surface area contributed by atoms with E-state index in [1.54, 1.807) is 12.1 Å². The number of ether oxygens (including phenoxy) is 2. The van der Waals surface area contributed by atoms with Gasteiger partial charge in [-0.25, -0.2) is 4.39 Å². The number of hydrogen-bond acceptors (Lipinski definition) is 4. The van der Waals surface area contributed by atoms with Gasteiger partial charge in [0.2, 0.25) is 5.91 Å². The van der Waals surface area contributed by atoms with E-state index in [2.05, 4.69) is 0 Å². The molecule has 0 radical (unpaired) electrons. The van der Waals surface area contributed by atoms with E-state index >= 15 is 0 Å². The molecule has 0 aliphatic carbocycles. The second-order valence-electron chi connectivity index (χ2n) is 7.80. The first-order valence-corrected chi connectivity index (χ1v) is 10.2. The number of likely N-dealkylation sites (tertiary alicyclic amines) is 1. The van der Waals surface area contributed by atoms with Crippen molar-refractivity contribution in [3.63, 3.8) is 0 Å². The van der Waals surface area contributed by atoms with E-state index in [1.807, 2.05) is 35.0 Å². The molecular weight excluding hydrogens is 371 g/mol. The minimum absolute atomic E-state index is 0.0684. The van der Waals surface area contributed by atoms with Crippen molar-refractivity contribution in [1.82, 2.24) is 9.80 Å². The number of benzene rings is 2. The first kappa shape index (κ1) is 19.7. The summed E-state index contributed by atoms with van der Waals surface area (Å²) in [7, 11) is 1.92. The Morgan fingerprint density at radius 2 is 1.86 bits per heavy atom. The second kappa shape index (κ2) is 8.82. The Labute approximate surface area is 171 Å². The Bertz CT molecular complexity index is 856. The van der Waals surface area contributed by atoms with Gasteiger partial charge in [0.05, 0.1) is 25.8 Å². The van der Waals surface area contributed by atoms with Crippen molar-refractivity contribution in [2.45, 2.75) is 31.8 Å². The average molecular weight is 398 g/mol. The van der Waals surface area contributed by atoms with E-state index in [9.17, 15) is 9.18 Å². The molecule has 2 aliphatic rings. The summed E-state index contributed by atoms with van der Waals surface area (Å²) in [6.45, 7) is 3.02. The molecule has 6 heteroatoms. The highest BCUT2D eigenvalue weighted by molar-refractivity contribution is 5.79. The van der Waals surface area contributed by atoms with Gasteiger partial charge in [-0.05, 0) is 55.3 Å². The molecular formula is C23H27FN2O3. The second-order valence-corrected chi connectivity index (χ2v) is 7.80. The first-order chi connectivity index (χ1) is 14.1. The van der Waals surface area contributed by atoms with Gasteiger partial charge in [-0.1, -0.05) is 18.2 Å². The Hall–Kier alpha value is -2.60. The van der Waals surface area contributed by atoms with Crippen LogP contribution in [-0.2, 0) is 11.3 Å². The van der Waals surface area contributed by atoms with Gasteiger partial charge in [0.1, 0.15) is 5.82 Å². The topological polar surface area (TPSA) is 42.0 Å².